The lowest BCUT2D eigenvalue weighted by Crippen LogP contribution is -2.37. The van der Waals surface area contributed by atoms with Crippen LogP contribution in [0.3, 0.4) is 0 Å². The molecule has 1 N–H and O–H groups in total. The molecule has 4 rings (SSSR count). The number of carbonyl (C=O) groups is 1. The summed E-state index contributed by atoms with van der Waals surface area (Å²) in [6.07, 6.45) is 3.96. The first-order valence-electron chi connectivity index (χ1n) is 10.1. The van der Waals surface area contributed by atoms with E-state index < -0.39 is 0 Å². The maximum Gasteiger partial charge on any atom is 0.188 e. The monoisotopic (exact) mass is 395 g/mol. The predicted octanol–water partition coefficient (Wildman–Crippen LogP) is 5.04. The van der Waals surface area contributed by atoms with Crippen molar-refractivity contribution >= 4 is 23.6 Å². The number of para-hydroxylation sites is 1. The number of aliphatic hydroxyl groups excluding tert-OH is 1. The van der Waals surface area contributed by atoms with Crippen molar-refractivity contribution in [3.63, 3.8) is 0 Å². The molecule has 3 aromatic carbocycles. The molecule has 0 atom stereocenters. The van der Waals surface area contributed by atoms with Gasteiger partial charge in [0, 0.05) is 29.9 Å². The normalized spacial score (nSPS) is 17.0. The van der Waals surface area contributed by atoms with Gasteiger partial charge in [-0.15, -0.1) is 0 Å². The van der Waals surface area contributed by atoms with Gasteiger partial charge in [0.2, 0.25) is 0 Å². The summed E-state index contributed by atoms with van der Waals surface area (Å²) in [4.78, 5) is 15.5. The Kier molecular flexibility index (Phi) is 5.92. The van der Waals surface area contributed by atoms with Gasteiger partial charge in [0.15, 0.2) is 5.78 Å². The molecular formula is C27H25NO2. The molecule has 3 heteroatoms. The third-order valence-electron chi connectivity index (χ3n) is 5.35. The Morgan fingerprint density at radius 2 is 1.33 bits per heavy atom. The minimum Gasteiger partial charge on any atom is -0.392 e. The van der Waals surface area contributed by atoms with Crippen LogP contribution in [0, 0.1) is 6.92 Å². The third kappa shape index (κ3) is 4.58. The zero-order valence-electron chi connectivity index (χ0n) is 17.1. The van der Waals surface area contributed by atoms with Crippen LogP contribution in [0.25, 0.3) is 12.2 Å². The molecule has 1 aliphatic rings. The number of nitrogens with zero attached hydrogens (tertiary/aromatic N) is 1. The minimum absolute atomic E-state index is 0.0149. The zero-order valence-corrected chi connectivity index (χ0v) is 17.1. The molecule has 3 nitrogen and oxygen atoms in total. The van der Waals surface area contributed by atoms with Gasteiger partial charge in [-0.2, -0.15) is 0 Å². The molecule has 1 saturated heterocycles. The Labute approximate surface area is 177 Å². The van der Waals surface area contributed by atoms with Crippen LogP contribution in [0.15, 0.2) is 90.0 Å². The molecule has 1 heterocycles. The summed E-state index contributed by atoms with van der Waals surface area (Å²) in [7, 11) is 0. The van der Waals surface area contributed by atoms with E-state index in [1.807, 2.05) is 66.7 Å². The smallest absolute Gasteiger partial charge is 0.188 e. The highest BCUT2D eigenvalue weighted by atomic mass is 16.3. The van der Waals surface area contributed by atoms with Crippen LogP contribution in [0.5, 0.6) is 0 Å². The fourth-order valence-corrected chi connectivity index (χ4v) is 3.65. The number of benzene rings is 3. The molecule has 3 aromatic rings. The Bertz CT molecular complexity index is 1080. The SMILES string of the molecule is Cc1ccc(/C=C2\CN(c3ccccc3)C/C(=C\c3ccc(CO)cc3)C2=O)cc1. The Balaban J connectivity index is 1.71. The largest absolute Gasteiger partial charge is 0.392 e. The number of rotatable bonds is 4. The summed E-state index contributed by atoms with van der Waals surface area (Å²) < 4.78 is 0. The van der Waals surface area contributed by atoms with Gasteiger partial charge in [0.1, 0.15) is 0 Å². The molecule has 0 aromatic heterocycles. The number of carbonyl (C=O) groups excluding carboxylic acids is 1. The van der Waals surface area contributed by atoms with Gasteiger partial charge < -0.3 is 10.0 Å². The number of Topliss-reactive ketones (excluding diaryl/α,β-unsaturated/α-hetero) is 1. The summed E-state index contributed by atoms with van der Waals surface area (Å²) >= 11 is 0. The van der Waals surface area contributed by atoms with Crippen molar-refractivity contribution < 1.29 is 9.90 Å². The summed E-state index contributed by atoms with van der Waals surface area (Å²) in [5, 5.41) is 9.26. The second-order valence-corrected chi connectivity index (χ2v) is 7.67. The fraction of sp³-hybridized carbons (Fsp3) is 0.148. The Hall–Kier alpha value is -3.43. The van der Waals surface area contributed by atoms with E-state index in [-0.39, 0.29) is 12.4 Å². The van der Waals surface area contributed by atoms with Crippen LogP contribution in [0.2, 0.25) is 0 Å². The van der Waals surface area contributed by atoms with Gasteiger partial charge >= 0.3 is 0 Å². The van der Waals surface area contributed by atoms with E-state index in [1.54, 1.807) is 0 Å². The van der Waals surface area contributed by atoms with Crippen LogP contribution in [-0.2, 0) is 11.4 Å². The molecule has 150 valence electrons. The molecular weight excluding hydrogens is 370 g/mol. The van der Waals surface area contributed by atoms with E-state index in [4.69, 9.17) is 0 Å². The molecule has 30 heavy (non-hydrogen) atoms. The molecule has 1 fully saturated rings. The van der Waals surface area contributed by atoms with Gasteiger partial charge in [0.05, 0.1) is 6.61 Å². The maximum absolute atomic E-state index is 13.3. The molecule has 0 bridgehead atoms. The molecule has 1 aliphatic heterocycles. The topological polar surface area (TPSA) is 40.5 Å². The van der Waals surface area contributed by atoms with E-state index in [2.05, 4.69) is 36.1 Å². The van der Waals surface area contributed by atoms with Crippen molar-refractivity contribution in [2.45, 2.75) is 13.5 Å². The van der Waals surface area contributed by atoms with Crippen molar-refractivity contribution in [2.24, 2.45) is 0 Å². The summed E-state index contributed by atoms with van der Waals surface area (Å²) in [5.74, 6) is 0.0917. The van der Waals surface area contributed by atoms with E-state index in [0.29, 0.717) is 13.1 Å². The first kappa shape index (κ1) is 19.9. The predicted molar refractivity (Wildman–Crippen MR) is 123 cm³/mol. The van der Waals surface area contributed by atoms with Crippen LogP contribution in [0.1, 0.15) is 22.3 Å². The minimum atomic E-state index is 0.0149. The van der Waals surface area contributed by atoms with Crippen LogP contribution < -0.4 is 4.90 Å². The number of aryl methyl sites for hydroxylation is 1. The molecule has 0 radical (unpaired) electrons. The van der Waals surface area contributed by atoms with Crippen LogP contribution in [-0.4, -0.2) is 24.0 Å². The van der Waals surface area contributed by atoms with Crippen molar-refractivity contribution in [3.8, 4) is 0 Å². The summed E-state index contributed by atoms with van der Waals surface area (Å²) in [6, 6.07) is 26.1. The first-order valence-corrected chi connectivity index (χ1v) is 10.1. The average molecular weight is 396 g/mol. The molecule has 0 saturated carbocycles. The first-order chi connectivity index (χ1) is 14.6. The number of hydrogen-bond acceptors (Lipinski definition) is 3. The second kappa shape index (κ2) is 8.93. The average Bonchev–Trinajstić information content (AvgIpc) is 2.79. The molecule has 0 amide bonds. The number of hydrogen-bond donors (Lipinski definition) is 1. The highest BCUT2D eigenvalue weighted by Gasteiger charge is 2.26. The van der Waals surface area contributed by atoms with Crippen LogP contribution >= 0.6 is 0 Å². The highest BCUT2D eigenvalue weighted by Crippen LogP contribution is 2.26. The lowest BCUT2D eigenvalue weighted by atomic mass is 9.93. The lowest BCUT2D eigenvalue weighted by Gasteiger charge is -2.31. The Morgan fingerprint density at radius 1 is 0.800 bits per heavy atom. The fourth-order valence-electron chi connectivity index (χ4n) is 3.65. The van der Waals surface area contributed by atoms with Gasteiger partial charge in [-0.05, 0) is 47.9 Å². The van der Waals surface area contributed by atoms with E-state index >= 15 is 0 Å². The van der Waals surface area contributed by atoms with Crippen LogP contribution in [0.4, 0.5) is 5.69 Å². The van der Waals surface area contributed by atoms with Crippen molar-refractivity contribution in [3.05, 3.63) is 112 Å². The Morgan fingerprint density at radius 3 is 1.87 bits per heavy atom. The van der Waals surface area contributed by atoms with Gasteiger partial charge in [0.25, 0.3) is 0 Å². The van der Waals surface area contributed by atoms with Gasteiger partial charge in [-0.25, -0.2) is 0 Å². The summed E-state index contributed by atoms with van der Waals surface area (Å²) in [5.41, 5.74) is 6.70. The maximum atomic E-state index is 13.3. The molecule has 0 aliphatic carbocycles. The van der Waals surface area contributed by atoms with Gasteiger partial charge in [-0.3, -0.25) is 4.79 Å². The number of ketones is 1. The van der Waals surface area contributed by atoms with Crippen molar-refractivity contribution in [2.75, 3.05) is 18.0 Å². The number of anilines is 1. The number of piperidine rings is 1. The third-order valence-corrected chi connectivity index (χ3v) is 5.35. The van der Waals surface area contributed by atoms with Crippen molar-refractivity contribution in [1.82, 2.24) is 0 Å². The second-order valence-electron chi connectivity index (χ2n) is 7.67. The van der Waals surface area contributed by atoms with Gasteiger partial charge in [-0.1, -0.05) is 72.3 Å². The van der Waals surface area contributed by atoms with E-state index in [9.17, 15) is 9.90 Å². The standard InChI is InChI=1S/C27H25NO2/c1-20-7-9-21(10-8-20)15-24-17-28(26-5-3-2-4-6-26)18-25(27(24)30)16-22-11-13-23(19-29)14-12-22/h2-16,29H,17-19H2,1H3/b24-15+,25-16+. The number of aliphatic hydroxyl groups is 1. The quantitative estimate of drug-likeness (QED) is 0.629. The van der Waals surface area contributed by atoms with E-state index in [0.717, 1.165) is 33.5 Å². The zero-order chi connectivity index (χ0) is 20.9. The summed E-state index contributed by atoms with van der Waals surface area (Å²) in [6.45, 7) is 3.22. The lowest BCUT2D eigenvalue weighted by molar-refractivity contribution is -0.112. The molecule has 0 spiro atoms. The van der Waals surface area contributed by atoms with E-state index in [1.165, 1.54) is 5.56 Å². The van der Waals surface area contributed by atoms with Crippen molar-refractivity contribution in [1.29, 1.82) is 0 Å². The highest BCUT2D eigenvalue weighted by molar-refractivity contribution is 6.15. The molecule has 0 unspecified atom stereocenters.